The molecule has 3 aromatic rings. The highest BCUT2D eigenvalue weighted by molar-refractivity contribution is 5.74. The molecule has 0 bridgehead atoms. The third-order valence-corrected chi connectivity index (χ3v) is 5.74. The highest BCUT2D eigenvalue weighted by Gasteiger charge is 2.45. The molecule has 0 radical (unpaired) electrons. The van der Waals surface area contributed by atoms with E-state index in [-0.39, 0.29) is 11.6 Å². The molecule has 1 aliphatic carbocycles. The number of hydrogen-bond donors (Lipinski definition) is 2. The first-order valence-corrected chi connectivity index (χ1v) is 10.8. The number of carboxylic acids is 1. The molecule has 4 rings (SSSR count). The molecule has 5 nitrogen and oxygen atoms in total. The van der Waals surface area contributed by atoms with Crippen molar-refractivity contribution in [2.75, 3.05) is 5.73 Å². The van der Waals surface area contributed by atoms with Crippen molar-refractivity contribution in [3.8, 4) is 5.75 Å². The smallest absolute Gasteiger partial charge is 0.324 e. The maximum atomic E-state index is 13.5. The number of rotatable bonds is 10. The highest BCUT2D eigenvalue weighted by atomic mass is 19.1. The zero-order valence-corrected chi connectivity index (χ0v) is 17.7. The Hall–Kier alpha value is -3.38. The molecular weight excluding hydrogens is 407 g/mol. The third kappa shape index (κ3) is 5.45. The van der Waals surface area contributed by atoms with E-state index in [1.807, 2.05) is 65.6 Å². The lowest BCUT2D eigenvalue weighted by atomic mass is 10.0. The Morgan fingerprint density at radius 2 is 1.56 bits per heavy atom. The second-order valence-electron chi connectivity index (χ2n) is 8.26. The van der Waals surface area contributed by atoms with Gasteiger partial charge in [0.15, 0.2) is 0 Å². The van der Waals surface area contributed by atoms with E-state index >= 15 is 0 Å². The van der Waals surface area contributed by atoms with Gasteiger partial charge in [-0.15, -0.1) is 0 Å². The van der Waals surface area contributed by atoms with Crippen molar-refractivity contribution in [1.82, 2.24) is 4.90 Å². The van der Waals surface area contributed by atoms with Crippen LogP contribution in [0.15, 0.2) is 78.9 Å². The van der Waals surface area contributed by atoms with Crippen molar-refractivity contribution < 1.29 is 19.0 Å². The van der Waals surface area contributed by atoms with Gasteiger partial charge in [-0.25, -0.2) is 4.39 Å². The summed E-state index contributed by atoms with van der Waals surface area (Å²) in [4.78, 5) is 14.6. The zero-order chi connectivity index (χ0) is 22.5. The van der Waals surface area contributed by atoms with Crippen LogP contribution in [0.25, 0.3) is 0 Å². The summed E-state index contributed by atoms with van der Waals surface area (Å²) in [7, 11) is 0. The van der Waals surface area contributed by atoms with E-state index in [2.05, 4.69) is 0 Å². The van der Waals surface area contributed by atoms with E-state index in [9.17, 15) is 14.3 Å². The first-order valence-electron chi connectivity index (χ1n) is 10.8. The minimum atomic E-state index is -0.950. The van der Waals surface area contributed by atoms with Gasteiger partial charge < -0.3 is 15.6 Å². The van der Waals surface area contributed by atoms with Gasteiger partial charge in [0, 0.05) is 19.2 Å². The van der Waals surface area contributed by atoms with E-state index in [1.54, 1.807) is 0 Å². The summed E-state index contributed by atoms with van der Waals surface area (Å²) in [5.74, 6) is -0.986. The van der Waals surface area contributed by atoms with Crippen LogP contribution in [-0.4, -0.2) is 28.1 Å². The quantitative estimate of drug-likeness (QED) is 0.452. The van der Waals surface area contributed by atoms with Crippen molar-refractivity contribution in [2.24, 2.45) is 5.92 Å². The van der Waals surface area contributed by atoms with Crippen LogP contribution < -0.4 is 10.5 Å². The minimum Gasteiger partial charge on any atom is -0.486 e. The number of halogens is 1. The second kappa shape index (κ2) is 9.83. The van der Waals surface area contributed by atoms with E-state index in [1.165, 1.54) is 18.2 Å². The lowest BCUT2D eigenvalue weighted by molar-refractivity contribution is -0.148. The number of nitrogens with two attached hydrogens (primary N) is 1. The van der Waals surface area contributed by atoms with Crippen molar-refractivity contribution >= 4 is 11.7 Å². The monoisotopic (exact) mass is 434 g/mol. The molecule has 0 saturated heterocycles. The van der Waals surface area contributed by atoms with Crippen LogP contribution in [0, 0.1) is 11.7 Å². The first-order chi connectivity index (χ1) is 15.5. The molecule has 2 atom stereocenters. The summed E-state index contributed by atoms with van der Waals surface area (Å²) in [6.07, 6.45) is 1.17. The molecule has 1 fully saturated rings. The molecule has 3 N–H and O–H groups in total. The number of nitrogen functional groups attached to an aromatic ring is 1. The van der Waals surface area contributed by atoms with Crippen molar-refractivity contribution in [2.45, 2.75) is 38.1 Å². The van der Waals surface area contributed by atoms with Gasteiger partial charge in [-0.3, -0.25) is 9.69 Å². The Labute approximate surface area is 187 Å². The fourth-order valence-electron chi connectivity index (χ4n) is 4.01. The lowest BCUT2D eigenvalue weighted by Gasteiger charge is -2.35. The molecule has 0 heterocycles. The van der Waals surface area contributed by atoms with Crippen LogP contribution in [-0.2, 0) is 17.9 Å². The Morgan fingerprint density at radius 3 is 2.03 bits per heavy atom. The van der Waals surface area contributed by atoms with Gasteiger partial charge in [0.25, 0.3) is 0 Å². The summed E-state index contributed by atoms with van der Waals surface area (Å²) in [5.41, 5.74) is 8.17. The normalized spacial score (nSPS) is 15.3. The SMILES string of the molecule is Nc1cc(F)ccc1O[C@H](C1CC1)[C@@H](C(=O)O)N(Cc1ccccc1)Cc1ccccc1. The molecular formula is C26H27FN2O3. The topological polar surface area (TPSA) is 75.8 Å². The molecule has 32 heavy (non-hydrogen) atoms. The van der Waals surface area contributed by atoms with Crippen LogP contribution in [0.5, 0.6) is 5.75 Å². The number of carbonyl (C=O) groups is 1. The molecule has 3 aromatic carbocycles. The number of ether oxygens (including phenoxy) is 1. The van der Waals surface area contributed by atoms with Gasteiger partial charge in [0.2, 0.25) is 0 Å². The average Bonchev–Trinajstić information content (AvgIpc) is 3.61. The molecule has 1 saturated carbocycles. The van der Waals surface area contributed by atoms with E-state index in [4.69, 9.17) is 10.5 Å². The molecule has 0 unspecified atom stereocenters. The van der Waals surface area contributed by atoms with Gasteiger partial charge in [-0.1, -0.05) is 60.7 Å². The predicted molar refractivity (Wildman–Crippen MR) is 122 cm³/mol. The zero-order valence-electron chi connectivity index (χ0n) is 17.7. The van der Waals surface area contributed by atoms with Gasteiger partial charge in [-0.05, 0) is 42.0 Å². The number of carboxylic acid groups (broad SMARTS) is 1. The third-order valence-electron chi connectivity index (χ3n) is 5.74. The number of nitrogens with zero attached hydrogens (tertiary/aromatic N) is 1. The summed E-state index contributed by atoms with van der Waals surface area (Å²) in [5, 5.41) is 10.3. The molecule has 0 aliphatic heterocycles. The molecule has 0 spiro atoms. The second-order valence-corrected chi connectivity index (χ2v) is 8.26. The first kappa shape index (κ1) is 21.8. The van der Waals surface area contributed by atoms with Crippen LogP contribution in [0.4, 0.5) is 10.1 Å². The van der Waals surface area contributed by atoms with Crippen LogP contribution in [0.3, 0.4) is 0 Å². The van der Waals surface area contributed by atoms with E-state index < -0.39 is 23.9 Å². The molecule has 0 amide bonds. The molecule has 166 valence electrons. The van der Waals surface area contributed by atoms with Crippen LogP contribution in [0.2, 0.25) is 0 Å². The number of hydrogen-bond acceptors (Lipinski definition) is 4. The Morgan fingerprint density at radius 1 is 1.00 bits per heavy atom. The molecule has 0 aromatic heterocycles. The van der Waals surface area contributed by atoms with Gasteiger partial charge in [0.05, 0.1) is 5.69 Å². The summed E-state index contributed by atoms with van der Waals surface area (Å²) >= 11 is 0. The van der Waals surface area contributed by atoms with Crippen molar-refractivity contribution in [1.29, 1.82) is 0 Å². The van der Waals surface area contributed by atoms with Gasteiger partial charge in [-0.2, -0.15) is 0 Å². The fourth-order valence-corrected chi connectivity index (χ4v) is 4.01. The number of anilines is 1. The number of benzene rings is 3. The maximum absolute atomic E-state index is 13.5. The van der Waals surface area contributed by atoms with Gasteiger partial charge in [0.1, 0.15) is 23.7 Å². The van der Waals surface area contributed by atoms with Crippen LogP contribution >= 0.6 is 0 Å². The summed E-state index contributed by atoms with van der Waals surface area (Å²) in [6, 6.07) is 22.6. The minimum absolute atomic E-state index is 0.106. The van der Waals surface area contributed by atoms with Gasteiger partial charge >= 0.3 is 5.97 Å². The van der Waals surface area contributed by atoms with Crippen molar-refractivity contribution in [3.05, 3.63) is 95.8 Å². The lowest BCUT2D eigenvalue weighted by Crippen LogP contribution is -2.51. The Kier molecular flexibility index (Phi) is 6.71. The van der Waals surface area contributed by atoms with E-state index in [0.717, 1.165) is 24.0 Å². The Balaban J connectivity index is 1.67. The Bertz CT molecular complexity index is 1000. The summed E-state index contributed by atoms with van der Waals surface area (Å²) < 4.78 is 19.7. The van der Waals surface area contributed by atoms with E-state index in [0.29, 0.717) is 18.8 Å². The summed E-state index contributed by atoms with van der Waals surface area (Å²) in [6.45, 7) is 0.913. The molecule has 6 heteroatoms. The predicted octanol–water partition coefficient (Wildman–Crippen LogP) is 4.72. The highest BCUT2D eigenvalue weighted by Crippen LogP contribution is 2.39. The largest absolute Gasteiger partial charge is 0.486 e. The standard InChI is InChI=1S/C26H27FN2O3/c27-21-13-14-23(22(28)15-21)32-25(20-11-12-20)24(26(30)31)29(16-18-7-3-1-4-8-18)17-19-9-5-2-6-10-19/h1-10,13-15,20,24-25H,11-12,16-17,28H2,(H,30,31)/t24-,25+/m0/s1. The average molecular weight is 435 g/mol. The van der Waals surface area contributed by atoms with Crippen LogP contribution in [0.1, 0.15) is 24.0 Å². The fraction of sp³-hybridized carbons (Fsp3) is 0.269. The van der Waals surface area contributed by atoms with Crippen molar-refractivity contribution in [3.63, 3.8) is 0 Å². The maximum Gasteiger partial charge on any atom is 0.324 e. The molecule has 1 aliphatic rings. The number of aliphatic carboxylic acids is 1.